The van der Waals surface area contributed by atoms with Gasteiger partial charge in [-0.05, 0) is 36.5 Å². The average molecular weight is 335 g/mol. The zero-order valence-corrected chi connectivity index (χ0v) is 13.4. The molecule has 4 rings (SSSR count). The molecule has 2 heterocycles. The van der Waals surface area contributed by atoms with E-state index in [1.807, 2.05) is 0 Å². The first-order chi connectivity index (χ1) is 11.5. The smallest absolute Gasteiger partial charge is 0.298 e. The Morgan fingerprint density at radius 1 is 1.17 bits per heavy atom. The van der Waals surface area contributed by atoms with E-state index in [9.17, 15) is 13.2 Å². The molecule has 1 fully saturated rings. The maximum atomic E-state index is 12.9. The molecule has 3 nitrogen and oxygen atoms in total. The van der Waals surface area contributed by atoms with E-state index in [4.69, 9.17) is 0 Å². The minimum Gasteiger partial charge on any atom is -0.298 e. The fourth-order valence-corrected chi connectivity index (χ4v) is 3.51. The molecule has 6 heteroatoms. The highest BCUT2D eigenvalue weighted by atomic mass is 19.4. The Labute approximate surface area is 138 Å². The number of aromatic nitrogens is 2. The maximum absolute atomic E-state index is 12.9. The van der Waals surface area contributed by atoms with Gasteiger partial charge >= 0.3 is 6.18 Å². The molecule has 1 aromatic carbocycles. The van der Waals surface area contributed by atoms with Gasteiger partial charge in [0.1, 0.15) is 0 Å². The lowest BCUT2D eigenvalue weighted by molar-refractivity contribution is -0.137. The van der Waals surface area contributed by atoms with Crippen LogP contribution in [0.5, 0.6) is 0 Å². The molecular formula is C18H20F3N3. The summed E-state index contributed by atoms with van der Waals surface area (Å²) in [6, 6.07) is 5.66. The predicted molar refractivity (Wildman–Crippen MR) is 84.7 cm³/mol. The number of benzene rings is 1. The van der Waals surface area contributed by atoms with Gasteiger partial charge in [-0.3, -0.25) is 10.00 Å². The lowest BCUT2D eigenvalue weighted by Crippen LogP contribution is -2.26. The molecule has 0 saturated heterocycles. The van der Waals surface area contributed by atoms with E-state index < -0.39 is 11.7 Å². The third kappa shape index (κ3) is 3.20. The second kappa shape index (κ2) is 5.92. The zero-order chi connectivity index (χ0) is 16.7. The second-order valence-electron chi connectivity index (χ2n) is 6.81. The molecule has 24 heavy (non-hydrogen) atoms. The van der Waals surface area contributed by atoms with E-state index in [-0.39, 0.29) is 0 Å². The predicted octanol–water partition coefficient (Wildman–Crippen LogP) is 3.91. The summed E-state index contributed by atoms with van der Waals surface area (Å²) in [7, 11) is 0. The molecule has 1 aromatic heterocycles. The number of H-pyrrole nitrogens is 1. The standard InChI is InChI=1S/C18H20F3N3/c19-18(20,21)14-3-1-2-12(10-14)11-24-8-6-15-16(7-9-24)22-23-17(15)13-4-5-13/h1-3,10,13H,4-9,11H2,(H,22,23). The number of halogens is 3. The largest absolute Gasteiger partial charge is 0.416 e. The minimum atomic E-state index is -4.28. The number of hydrogen-bond acceptors (Lipinski definition) is 2. The summed E-state index contributed by atoms with van der Waals surface area (Å²) in [4.78, 5) is 2.24. The Hall–Kier alpha value is -1.82. The van der Waals surface area contributed by atoms with Crippen molar-refractivity contribution in [3.8, 4) is 0 Å². The number of aromatic amines is 1. The van der Waals surface area contributed by atoms with Crippen molar-refractivity contribution in [3.63, 3.8) is 0 Å². The van der Waals surface area contributed by atoms with Crippen molar-refractivity contribution < 1.29 is 13.2 Å². The minimum absolute atomic E-state index is 0.556. The van der Waals surface area contributed by atoms with Gasteiger partial charge in [0.25, 0.3) is 0 Å². The summed E-state index contributed by atoms with van der Waals surface area (Å²) < 4.78 is 38.6. The zero-order valence-electron chi connectivity index (χ0n) is 13.4. The van der Waals surface area contributed by atoms with Gasteiger partial charge < -0.3 is 0 Å². The van der Waals surface area contributed by atoms with Crippen LogP contribution in [0.15, 0.2) is 24.3 Å². The molecular weight excluding hydrogens is 315 g/mol. The Kier molecular flexibility index (Phi) is 3.87. The fourth-order valence-electron chi connectivity index (χ4n) is 3.51. The van der Waals surface area contributed by atoms with E-state index in [0.29, 0.717) is 12.5 Å². The average Bonchev–Trinajstić information content (AvgIpc) is 3.33. The van der Waals surface area contributed by atoms with E-state index in [0.717, 1.165) is 37.6 Å². The summed E-state index contributed by atoms with van der Waals surface area (Å²) in [6.45, 7) is 2.26. The van der Waals surface area contributed by atoms with Gasteiger partial charge in [-0.1, -0.05) is 18.2 Å². The number of nitrogens with one attached hydrogen (secondary N) is 1. The number of hydrogen-bond donors (Lipinski definition) is 1. The molecule has 0 spiro atoms. The molecule has 1 aliphatic heterocycles. The monoisotopic (exact) mass is 335 g/mol. The molecule has 1 N–H and O–H groups in total. The molecule has 2 aromatic rings. The van der Waals surface area contributed by atoms with Crippen LogP contribution in [-0.2, 0) is 25.6 Å². The van der Waals surface area contributed by atoms with Crippen LogP contribution in [0.1, 0.15) is 46.8 Å². The number of rotatable bonds is 3. The van der Waals surface area contributed by atoms with Gasteiger partial charge in [-0.25, -0.2) is 0 Å². The van der Waals surface area contributed by atoms with Gasteiger partial charge in [-0.2, -0.15) is 18.3 Å². The summed E-state index contributed by atoms with van der Waals surface area (Å²) in [5, 5.41) is 7.66. The Bertz CT molecular complexity index is 731. The Balaban J connectivity index is 1.45. The summed E-state index contributed by atoms with van der Waals surface area (Å²) in [5.74, 6) is 0.625. The Morgan fingerprint density at radius 2 is 1.96 bits per heavy atom. The van der Waals surface area contributed by atoms with E-state index >= 15 is 0 Å². The van der Waals surface area contributed by atoms with Gasteiger partial charge in [0.05, 0.1) is 11.3 Å². The van der Waals surface area contributed by atoms with Crippen molar-refractivity contribution in [1.29, 1.82) is 0 Å². The van der Waals surface area contributed by atoms with Crippen molar-refractivity contribution in [2.45, 2.75) is 44.3 Å². The Morgan fingerprint density at radius 3 is 2.71 bits per heavy atom. The number of alkyl halides is 3. The van der Waals surface area contributed by atoms with Crippen LogP contribution in [0.4, 0.5) is 13.2 Å². The van der Waals surface area contributed by atoms with Gasteiger partial charge in [0.2, 0.25) is 0 Å². The molecule has 0 radical (unpaired) electrons. The van der Waals surface area contributed by atoms with Gasteiger partial charge in [-0.15, -0.1) is 0 Å². The van der Waals surface area contributed by atoms with Crippen LogP contribution in [0.3, 0.4) is 0 Å². The van der Waals surface area contributed by atoms with Crippen LogP contribution in [0.2, 0.25) is 0 Å². The fraction of sp³-hybridized carbons (Fsp3) is 0.500. The van der Waals surface area contributed by atoms with E-state index in [2.05, 4.69) is 15.1 Å². The molecule has 2 aliphatic rings. The maximum Gasteiger partial charge on any atom is 0.416 e. The van der Waals surface area contributed by atoms with Crippen LogP contribution >= 0.6 is 0 Å². The number of fused-ring (bicyclic) bond motifs is 1. The first-order valence-corrected chi connectivity index (χ1v) is 8.45. The second-order valence-corrected chi connectivity index (χ2v) is 6.81. The third-order valence-corrected chi connectivity index (χ3v) is 4.97. The molecule has 1 aliphatic carbocycles. The van der Waals surface area contributed by atoms with E-state index in [1.54, 1.807) is 6.07 Å². The van der Waals surface area contributed by atoms with E-state index in [1.165, 1.54) is 41.9 Å². The van der Waals surface area contributed by atoms with Crippen LogP contribution < -0.4 is 0 Å². The quantitative estimate of drug-likeness (QED) is 0.922. The first kappa shape index (κ1) is 15.7. The summed E-state index contributed by atoms with van der Waals surface area (Å²) in [6.07, 6.45) is -0.0157. The lowest BCUT2D eigenvalue weighted by atomic mass is 10.1. The molecule has 0 atom stereocenters. The summed E-state index contributed by atoms with van der Waals surface area (Å²) >= 11 is 0. The van der Waals surface area contributed by atoms with Crippen molar-refractivity contribution in [2.75, 3.05) is 13.1 Å². The van der Waals surface area contributed by atoms with Crippen LogP contribution in [0.25, 0.3) is 0 Å². The van der Waals surface area contributed by atoms with Gasteiger partial charge in [0.15, 0.2) is 0 Å². The SMILES string of the molecule is FC(F)(F)c1cccc(CN2CCc3[nH]nc(C4CC4)c3CC2)c1. The molecule has 0 bridgehead atoms. The normalized spacial score (nSPS) is 19.1. The van der Waals surface area contributed by atoms with Crippen molar-refractivity contribution in [1.82, 2.24) is 15.1 Å². The molecule has 128 valence electrons. The van der Waals surface area contributed by atoms with Crippen LogP contribution in [-0.4, -0.2) is 28.2 Å². The molecule has 0 unspecified atom stereocenters. The van der Waals surface area contributed by atoms with Crippen LogP contribution in [0, 0.1) is 0 Å². The highest BCUT2D eigenvalue weighted by molar-refractivity contribution is 5.32. The lowest BCUT2D eigenvalue weighted by Gasteiger charge is -2.20. The highest BCUT2D eigenvalue weighted by Crippen LogP contribution is 2.41. The van der Waals surface area contributed by atoms with Gasteiger partial charge in [0, 0.05) is 37.7 Å². The molecule has 0 amide bonds. The number of nitrogens with zero attached hydrogens (tertiary/aromatic N) is 2. The van der Waals surface area contributed by atoms with Crippen molar-refractivity contribution in [3.05, 3.63) is 52.3 Å². The highest BCUT2D eigenvalue weighted by Gasteiger charge is 2.32. The van der Waals surface area contributed by atoms with Crippen molar-refractivity contribution in [2.24, 2.45) is 0 Å². The first-order valence-electron chi connectivity index (χ1n) is 8.45. The topological polar surface area (TPSA) is 31.9 Å². The molecule has 1 saturated carbocycles. The van der Waals surface area contributed by atoms with Crippen molar-refractivity contribution >= 4 is 0 Å². The third-order valence-electron chi connectivity index (χ3n) is 4.97. The summed E-state index contributed by atoms with van der Waals surface area (Å²) in [5.41, 5.74) is 3.94.